The van der Waals surface area contributed by atoms with Crippen molar-refractivity contribution in [2.75, 3.05) is 20.6 Å². The van der Waals surface area contributed by atoms with E-state index in [4.69, 9.17) is 5.73 Å². The number of nitrogens with two attached hydrogens (primary N) is 1. The molecule has 0 aromatic heterocycles. The molecule has 17 heavy (non-hydrogen) atoms. The summed E-state index contributed by atoms with van der Waals surface area (Å²) in [5.41, 5.74) is 5.27. The highest BCUT2D eigenvalue weighted by Crippen LogP contribution is 2.25. The van der Waals surface area contributed by atoms with Crippen LogP contribution in [0.15, 0.2) is 0 Å². The molecule has 0 aromatic rings. The Labute approximate surface area is 109 Å². The van der Waals surface area contributed by atoms with Crippen LogP contribution >= 0.6 is 12.4 Å². The van der Waals surface area contributed by atoms with E-state index in [0.29, 0.717) is 0 Å². The zero-order valence-electron chi connectivity index (χ0n) is 10.5. The van der Waals surface area contributed by atoms with Crippen LogP contribution in [-0.2, 0) is 9.59 Å². The highest BCUT2D eigenvalue weighted by atomic mass is 35.5. The van der Waals surface area contributed by atoms with Crippen LogP contribution in [0.4, 0.5) is 0 Å². The Balaban J connectivity index is 0.00000256. The number of hydrogen-bond donors (Lipinski definition) is 2. The van der Waals surface area contributed by atoms with Crippen molar-refractivity contribution in [1.82, 2.24) is 10.2 Å². The smallest absolute Gasteiger partial charge is 0.241 e. The van der Waals surface area contributed by atoms with Crippen molar-refractivity contribution < 1.29 is 9.59 Å². The third-order valence-corrected chi connectivity index (χ3v) is 3.10. The van der Waals surface area contributed by atoms with Gasteiger partial charge in [0, 0.05) is 14.1 Å². The van der Waals surface area contributed by atoms with E-state index in [-0.39, 0.29) is 30.8 Å². The second-order valence-electron chi connectivity index (χ2n) is 4.69. The Kier molecular flexibility index (Phi) is 6.49. The second kappa shape index (κ2) is 6.81. The monoisotopic (exact) mass is 263 g/mol. The normalized spacial score (nSPS) is 17.8. The zero-order chi connectivity index (χ0) is 12.2. The third-order valence-electron chi connectivity index (χ3n) is 3.10. The van der Waals surface area contributed by atoms with E-state index in [2.05, 4.69) is 5.32 Å². The number of likely N-dealkylation sites (N-methyl/N-ethyl adjacent to an activating group) is 1. The predicted octanol–water partition coefficient (Wildman–Crippen LogP) is 0.274. The first-order chi connectivity index (χ1) is 7.46. The molecule has 0 spiro atoms. The minimum absolute atomic E-state index is 0. The van der Waals surface area contributed by atoms with Crippen LogP contribution < -0.4 is 11.1 Å². The maximum absolute atomic E-state index is 11.8. The summed E-state index contributed by atoms with van der Waals surface area (Å²) in [5.74, 6) is -0.310. The molecule has 0 atom stereocenters. The van der Waals surface area contributed by atoms with Crippen molar-refractivity contribution in [3.63, 3.8) is 0 Å². The number of hydrogen-bond acceptors (Lipinski definition) is 3. The zero-order valence-corrected chi connectivity index (χ0v) is 11.3. The lowest BCUT2D eigenvalue weighted by Crippen LogP contribution is -2.56. The number of carbonyl (C=O) groups is 2. The van der Waals surface area contributed by atoms with Crippen LogP contribution in [0, 0.1) is 0 Å². The molecule has 1 rings (SSSR count). The SMILES string of the molecule is CN(C)C(=O)CNC(=O)C1(N)CCCCC1.Cl. The summed E-state index contributed by atoms with van der Waals surface area (Å²) in [6.45, 7) is 0.0325. The molecule has 0 saturated heterocycles. The van der Waals surface area contributed by atoms with Gasteiger partial charge < -0.3 is 16.0 Å². The third kappa shape index (κ3) is 4.52. The summed E-state index contributed by atoms with van der Waals surface area (Å²) in [6.07, 6.45) is 4.56. The maximum Gasteiger partial charge on any atom is 0.241 e. The quantitative estimate of drug-likeness (QED) is 0.768. The molecule has 1 saturated carbocycles. The molecule has 1 fully saturated rings. The average molecular weight is 264 g/mol. The number of carbonyl (C=O) groups excluding carboxylic acids is 2. The summed E-state index contributed by atoms with van der Waals surface area (Å²) in [5, 5.41) is 2.62. The number of halogens is 1. The summed E-state index contributed by atoms with van der Waals surface area (Å²) in [6, 6.07) is 0. The van der Waals surface area contributed by atoms with Gasteiger partial charge >= 0.3 is 0 Å². The Morgan fingerprint density at radius 2 is 1.76 bits per heavy atom. The molecule has 0 radical (unpaired) electrons. The minimum atomic E-state index is -0.759. The fourth-order valence-electron chi connectivity index (χ4n) is 1.90. The van der Waals surface area contributed by atoms with Crippen molar-refractivity contribution in [2.45, 2.75) is 37.6 Å². The Morgan fingerprint density at radius 1 is 1.24 bits per heavy atom. The largest absolute Gasteiger partial charge is 0.347 e. The predicted molar refractivity (Wildman–Crippen MR) is 69.0 cm³/mol. The van der Waals surface area contributed by atoms with Gasteiger partial charge in [0.25, 0.3) is 0 Å². The lowest BCUT2D eigenvalue weighted by atomic mass is 9.82. The second-order valence-corrected chi connectivity index (χ2v) is 4.69. The van der Waals surface area contributed by atoms with E-state index in [9.17, 15) is 9.59 Å². The maximum atomic E-state index is 11.8. The molecule has 0 aliphatic heterocycles. The Morgan fingerprint density at radius 3 is 2.24 bits per heavy atom. The highest BCUT2D eigenvalue weighted by Gasteiger charge is 2.35. The van der Waals surface area contributed by atoms with Crippen molar-refractivity contribution >= 4 is 24.2 Å². The first kappa shape index (κ1) is 16.2. The van der Waals surface area contributed by atoms with Crippen LogP contribution in [0.2, 0.25) is 0 Å². The fourth-order valence-corrected chi connectivity index (χ4v) is 1.90. The van der Waals surface area contributed by atoms with Crippen LogP contribution in [-0.4, -0.2) is 42.9 Å². The molecule has 100 valence electrons. The van der Waals surface area contributed by atoms with Gasteiger partial charge in [-0.05, 0) is 12.8 Å². The fraction of sp³-hybridized carbons (Fsp3) is 0.818. The standard InChI is InChI=1S/C11H21N3O2.ClH/c1-14(2)9(15)8-13-10(16)11(12)6-4-3-5-7-11;/h3-8,12H2,1-2H3,(H,13,16);1H. The topological polar surface area (TPSA) is 75.4 Å². The van der Waals surface area contributed by atoms with E-state index in [1.807, 2.05) is 0 Å². The molecule has 1 aliphatic rings. The van der Waals surface area contributed by atoms with E-state index in [1.165, 1.54) is 4.90 Å². The summed E-state index contributed by atoms with van der Waals surface area (Å²) >= 11 is 0. The van der Waals surface area contributed by atoms with Gasteiger partial charge in [-0.1, -0.05) is 19.3 Å². The Bertz CT molecular complexity index is 276. The van der Waals surface area contributed by atoms with Crippen LogP contribution in [0.25, 0.3) is 0 Å². The molecule has 0 unspecified atom stereocenters. The minimum Gasteiger partial charge on any atom is -0.347 e. The number of rotatable bonds is 3. The van der Waals surface area contributed by atoms with Crippen molar-refractivity contribution in [3.8, 4) is 0 Å². The van der Waals surface area contributed by atoms with Gasteiger partial charge in [-0.2, -0.15) is 0 Å². The highest BCUT2D eigenvalue weighted by molar-refractivity contribution is 5.90. The first-order valence-corrected chi connectivity index (χ1v) is 5.73. The Hall–Kier alpha value is -0.810. The van der Waals surface area contributed by atoms with E-state index >= 15 is 0 Å². The average Bonchev–Trinajstić information content (AvgIpc) is 2.26. The van der Waals surface area contributed by atoms with Crippen molar-refractivity contribution in [3.05, 3.63) is 0 Å². The van der Waals surface area contributed by atoms with Crippen molar-refractivity contribution in [2.24, 2.45) is 5.73 Å². The van der Waals surface area contributed by atoms with E-state index < -0.39 is 5.54 Å². The number of amides is 2. The molecule has 6 heteroatoms. The van der Waals surface area contributed by atoms with Gasteiger partial charge in [0.1, 0.15) is 0 Å². The van der Waals surface area contributed by atoms with Gasteiger partial charge in [-0.15, -0.1) is 12.4 Å². The van der Waals surface area contributed by atoms with E-state index in [0.717, 1.165) is 32.1 Å². The summed E-state index contributed by atoms with van der Waals surface area (Å²) in [7, 11) is 3.32. The molecule has 5 nitrogen and oxygen atoms in total. The number of nitrogens with zero attached hydrogens (tertiary/aromatic N) is 1. The van der Waals surface area contributed by atoms with Gasteiger partial charge in [0.2, 0.25) is 11.8 Å². The molecular weight excluding hydrogens is 242 g/mol. The lowest BCUT2D eigenvalue weighted by molar-refractivity contribution is -0.133. The summed E-state index contributed by atoms with van der Waals surface area (Å²) in [4.78, 5) is 24.6. The van der Waals surface area contributed by atoms with Crippen LogP contribution in [0.1, 0.15) is 32.1 Å². The first-order valence-electron chi connectivity index (χ1n) is 5.73. The molecule has 3 N–H and O–H groups in total. The van der Waals surface area contributed by atoms with Gasteiger partial charge in [-0.3, -0.25) is 9.59 Å². The molecule has 0 heterocycles. The lowest BCUT2D eigenvalue weighted by Gasteiger charge is -2.31. The summed E-state index contributed by atoms with van der Waals surface area (Å²) < 4.78 is 0. The molecule has 1 aliphatic carbocycles. The van der Waals surface area contributed by atoms with Crippen LogP contribution in [0.5, 0.6) is 0 Å². The molecular formula is C11H22ClN3O2. The van der Waals surface area contributed by atoms with Crippen molar-refractivity contribution in [1.29, 1.82) is 0 Å². The molecule has 0 bridgehead atoms. The van der Waals surface area contributed by atoms with Gasteiger partial charge in [0.05, 0.1) is 12.1 Å². The van der Waals surface area contributed by atoms with Gasteiger partial charge in [0.15, 0.2) is 0 Å². The van der Waals surface area contributed by atoms with Crippen LogP contribution in [0.3, 0.4) is 0 Å². The molecule has 2 amide bonds. The van der Waals surface area contributed by atoms with E-state index in [1.54, 1.807) is 14.1 Å². The van der Waals surface area contributed by atoms with Gasteiger partial charge in [-0.25, -0.2) is 0 Å². The number of nitrogens with one attached hydrogen (secondary N) is 1. The molecule has 0 aromatic carbocycles.